The van der Waals surface area contributed by atoms with Crippen LogP contribution in [-0.2, 0) is 4.79 Å². The van der Waals surface area contributed by atoms with Gasteiger partial charge in [-0.3, -0.25) is 9.59 Å². The molecule has 0 radical (unpaired) electrons. The molecule has 1 amide bonds. The summed E-state index contributed by atoms with van der Waals surface area (Å²) >= 11 is 1.36. The van der Waals surface area contributed by atoms with E-state index >= 15 is 0 Å². The Morgan fingerprint density at radius 1 is 1.12 bits per heavy atom. The Balaban J connectivity index is 0.000000352. The summed E-state index contributed by atoms with van der Waals surface area (Å²) in [5, 5.41) is 8.11. The zero-order valence-corrected chi connectivity index (χ0v) is 21.7. The number of carbonyl (C=O) groups excluding carboxylic acids is 1. The number of thiophene rings is 1. The Bertz CT molecular complexity index is 1040. The molecule has 0 atom stereocenters. The van der Waals surface area contributed by atoms with Gasteiger partial charge in [0, 0.05) is 23.9 Å². The first-order valence-corrected chi connectivity index (χ1v) is 12.4. The quantitative estimate of drug-likeness (QED) is 0.522. The molecule has 2 aromatic heterocycles. The van der Waals surface area contributed by atoms with Gasteiger partial charge in [-0.1, -0.05) is 34.6 Å². The topological polar surface area (TPSA) is 90.4 Å². The maximum atomic E-state index is 12.5. The molecule has 1 saturated heterocycles. The van der Waals surface area contributed by atoms with Crippen LogP contribution in [0.3, 0.4) is 0 Å². The highest BCUT2D eigenvalue weighted by atomic mass is 32.1. The molecular weight excluding hydrogens is 436 g/mol. The first-order chi connectivity index (χ1) is 15.9. The normalized spacial score (nSPS) is 13.0. The number of carbonyl (C=O) groups is 1. The van der Waals surface area contributed by atoms with Crippen molar-refractivity contribution in [2.45, 2.75) is 54.4 Å². The molecule has 0 aliphatic carbocycles. The van der Waals surface area contributed by atoms with Crippen molar-refractivity contribution in [2.24, 2.45) is 5.92 Å². The van der Waals surface area contributed by atoms with E-state index in [2.05, 4.69) is 12.0 Å². The maximum absolute atomic E-state index is 12.5. The highest BCUT2D eigenvalue weighted by Gasteiger charge is 2.14. The van der Waals surface area contributed by atoms with Crippen LogP contribution in [0.25, 0.3) is 16.5 Å². The summed E-state index contributed by atoms with van der Waals surface area (Å²) in [5.74, 6) is 1.55. The molecule has 7 nitrogen and oxygen atoms in total. The van der Waals surface area contributed by atoms with Gasteiger partial charge in [-0.2, -0.15) is 9.78 Å². The Hall–Kier alpha value is -2.87. The van der Waals surface area contributed by atoms with Gasteiger partial charge >= 0.3 is 0 Å². The SMILES string of the molecule is CC.CC.CC1CCN(C=O)CC1.COc1ccc(-n2nc(C)c3csc(N)c3c2=O)cc1. The lowest BCUT2D eigenvalue weighted by Crippen LogP contribution is -2.31. The minimum atomic E-state index is -0.200. The number of nitrogens with zero attached hydrogens (tertiary/aromatic N) is 3. The summed E-state index contributed by atoms with van der Waals surface area (Å²) in [6.07, 6.45) is 3.31. The molecule has 8 heteroatoms. The Morgan fingerprint density at radius 3 is 2.21 bits per heavy atom. The number of amides is 1. The van der Waals surface area contributed by atoms with Crippen molar-refractivity contribution >= 4 is 33.5 Å². The van der Waals surface area contributed by atoms with E-state index in [1.165, 1.54) is 28.9 Å². The van der Waals surface area contributed by atoms with E-state index in [1.54, 1.807) is 31.4 Å². The lowest BCUT2D eigenvalue weighted by atomic mass is 10.00. The van der Waals surface area contributed by atoms with E-state index in [1.807, 2.05) is 44.9 Å². The number of nitrogen functional groups attached to an aromatic ring is 1. The molecule has 0 unspecified atom stereocenters. The van der Waals surface area contributed by atoms with Gasteiger partial charge in [0.1, 0.15) is 5.75 Å². The van der Waals surface area contributed by atoms with Crippen LogP contribution in [0.1, 0.15) is 53.2 Å². The monoisotopic (exact) mass is 474 g/mol. The molecule has 2 N–H and O–H groups in total. The summed E-state index contributed by atoms with van der Waals surface area (Å²) in [6, 6.07) is 7.17. The number of anilines is 1. The second-order valence-corrected chi connectivity index (χ2v) is 8.12. The van der Waals surface area contributed by atoms with Gasteiger partial charge in [-0.25, -0.2) is 0 Å². The van der Waals surface area contributed by atoms with Crippen LogP contribution in [0, 0.1) is 12.8 Å². The van der Waals surface area contributed by atoms with E-state index in [4.69, 9.17) is 10.5 Å². The van der Waals surface area contributed by atoms with Crippen molar-refractivity contribution in [1.29, 1.82) is 0 Å². The minimum Gasteiger partial charge on any atom is -0.497 e. The number of aromatic nitrogens is 2. The lowest BCUT2D eigenvalue weighted by molar-refractivity contribution is -0.119. The summed E-state index contributed by atoms with van der Waals surface area (Å²) in [7, 11) is 1.60. The third kappa shape index (κ3) is 7.32. The summed E-state index contributed by atoms with van der Waals surface area (Å²) < 4.78 is 6.49. The first kappa shape index (κ1) is 28.2. The van der Waals surface area contributed by atoms with Crippen molar-refractivity contribution < 1.29 is 9.53 Å². The molecule has 182 valence electrons. The summed E-state index contributed by atoms with van der Waals surface area (Å²) in [6.45, 7) is 14.0. The van der Waals surface area contributed by atoms with Crippen molar-refractivity contribution in [1.82, 2.24) is 14.7 Å². The van der Waals surface area contributed by atoms with Gasteiger partial charge in [0.15, 0.2) is 0 Å². The van der Waals surface area contributed by atoms with Crippen LogP contribution in [-0.4, -0.2) is 41.3 Å². The number of aryl methyl sites for hydroxylation is 1. The van der Waals surface area contributed by atoms with Gasteiger partial charge in [-0.15, -0.1) is 11.3 Å². The van der Waals surface area contributed by atoms with Gasteiger partial charge in [0.2, 0.25) is 6.41 Å². The highest BCUT2D eigenvalue weighted by molar-refractivity contribution is 7.15. The molecule has 3 aromatic rings. The Labute approximate surface area is 201 Å². The average Bonchev–Trinajstić information content (AvgIpc) is 3.27. The molecule has 0 spiro atoms. The number of hydrogen-bond donors (Lipinski definition) is 1. The van der Waals surface area contributed by atoms with E-state index in [9.17, 15) is 9.59 Å². The van der Waals surface area contributed by atoms with Gasteiger partial charge in [0.05, 0.1) is 28.9 Å². The minimum absolute atomic E-state index is 0.200. The molecule has 1 aliphatic heterocycles. The first-order valence-electron chi connectivity index (χ1n) is 11.5. The van der Waals surface area contributed by atoms with Crippen molar-refractivity contribution in [3.8, 4) is 11.4 Å². The predicted octanol–water partition coefficient (Wildman–Crippen LogP) is 5.27. The molecule has 0 bridgehead atoms. The van der Waals surface area contributed by atoms with Crippen LogP contribution in [0.4, 0.5) is 5.00 Å². The molecule has 1 aliphatic rings. The van der Waals surface area contributed by atoms with Crippen molar-refractivity contribution in [3.05, 3.63) is 45.7 Å². The van der Waals surface area contributed by atoms with Gasteiger partial charge in [0.25, 0.3) is 5.56 Å². The second kappa shape index (κ2) is 14.3. The van der Waals surface area contributed by atoms with Crippen molar-refractivity contribution in [2.75, 3.05) is 25.9 Å². The number of nitrogens with two attached hydrogens (primary N) is 1. The van der Waals surface area contributed by atoms with E-state index in [0.29, 0.717) is 16.1 Å². The number of benzene rings is 1. The van der Waals surface area contributed by atoms with Crippen LogP contribution in [0.5, 0.6) is 5.75 Å². The zero-order valence-electron chi connectivity index (χ0n) is 20.9. The number of methoxy groups -OCH3 is 1. The van der Waals surface area contributed by atoms with E-state index < -0.39 is 0 Å². The fourth-order valence-corrected chi connectivity index (χ4v) is 4.10. The third-order valence-corrected chi connectivity index (χ3v) is 5.96. The summed E-state index contributed by atoms with van der Waals surface area (Å²) in [5.41, 5.74) is 7.16. The molecule has 4 rings (SSSR count). The number of ether oxygens (including phenoxy) is 1. The number of piperidine rings is 1. The van der Waals surface area contributed by atoms with Crippen LogP contribution in [0.2, 0.25) is 0 Å². The number of fused-ring (bicyclic) bond motifs is 1. The molecular formula is C25H38N4O3S. The third-order valence-electron chi connectivity index (χ3n) is 5.15. The average molecular weight is 475 g/mol. The fraction of sp³-hybridized carbons (Fsp3) is 0.480. The molecule has 3 heterocycles. The molecule has 33 heavy (non-hydrogen) atoms. The van der Waals surface area contributed by atoms with Crippen LogP contribution in [0.15, 0.2) is 34.4 Å². The van der Waals surface area contributed by atoms with Crippen LogP contribution >= 0.6 is 11.3 Å². The lowest BCUT2D eigenvalue weighted by Gasteiger charge is -2.26. The van der Waals surface area contributed by atoms with E-state index in [0.717, 1.165) is 42.2 Å². The van der Waals surface area contributed by atoms with Gasteiger partial charge in [-0.05, 0) is 49.9 Å². The van der Waals surface area contributed by atoms with Crippen LogP contribution < -0.4 is 16.0 Å². The number of likely N-dealkylation sites (tertiary alicyclic amines) is 1. The smallest absolute Gasteiger partial charge is 0.282 e. The second-order valence-electron chi connectivity index (χ2n) is 7.21. The predicted molar refractivity (Wildman–Crippen MR) is 140 cm³/mol. The highest BCUT2D eigenvalue weighted by Crippen LogP contribution is 2.27. The Morgan fingerprint density at radius 2 is 1.70 bits per heavy atom. The number of hydrogen-bond acceptors (Lipinski definition) is 6. The number of rotatable bonds is 3. The fourth-order valence-electron chi connectivity index (χ4n) is 3.25. The van der Waals surface area contributed by atoms with Crippen molar-refractivity contribution in [3.63, 3.8) is 0 Å². The standard InChI is InChI=1S/C14H13N3O2S.C7H13NO.2C2H6/c1-8-11-7-20-13(15)12(11)14(18)17(16-8)9-3-5-10(19-2)6-4-9;1-7-2-4-8(6-9)5-3-7;2*1-2/h3-7H,15H2,1-2H3;6-7H,2-5H2,1H3;2*1-2H3. The van der Waals surface area contributed by atoms with Gasteiger partial charge < -0.3 is 15.4 Å². The molecule has 0 saturated carbocycles. The maximum Gasteiger partial charge on any atom is 0.282 e. The molecule has 1 fully saturated rings. The Kier molecular flexibility index (Phi) is 12.2. The molecule has 1 aromatic carbocycles. The zero-order chi connectivity index (χ0) is 25.0. The van der Waals surface area contributed by atoms with E-state index in [-0.39, 0.29) is 5.56 Å². The summed E-state index contributed by atoms with van der Waals surface area (Å²) in [4.78, 5) is 24.6. The largest absolute Gasteiger partial charge is 0.497 e.